The molecule has 2 amide bonds. The molecule has 9 heteroatoms. The van der Waals surface area contributed by atoms with Crippen LogP contribution in [0.25, 0.3) is 0 Å². The molecule has 3 aliphatic heterocycles. The van der Waals surface area contributed by atoms with Crippen molar-refractivity contribution in [1.82, 2.24) is 5.01 Å². The Kier molecular flexibility index (Phi) is 4.18. The Morgan fingerprint density at radius 1 is 1.27 bits per heavy atom. The number of carbonyl (C=O) groups excluding carboxylic acids is 2. The third-order valence-corrected chi connectivity index (χ3v) is 6.57. The van der Waals surface area contributed by atoms with Crippen LogP contribution < -0.4 is 10.1 Å². The lowest BCUT2D eigenvalue weighted by atomic mass is 10.1. The van der Waals surface area contributed by atoms with Gasteiger partial charge in [0.05, 0.1) is 24.2 Å². The number of nitrogens with one attached hydrogen (secondary N) is 1. The SMILES string of the molecule is O=C(Nc1ccc2c(c1)CCO2)C1=NN([C@H]2CCS(=O)(=O)C2)C(=O)CC1. The summed E-state index contributed by atoms with van der Waals surface area (Å²) in [5, 5.41) is 8.17. The molecule has 0 aliphatic carbocycles. The van der Waals surface area contributed by atoms with Crippen LogP contribution in [0.3, 0.4) is 0 Å². The summed E-state index contributed by atoms with van der Waals surface area (Å²) in [7, 11) is -3.14. The molecule has 1 fully saturated rings. The topological polar surface area (TPSA) is 105 Å². The third-order valence-electron chi connectivity index (χ3n) is 4.82. The number of hydrogen-bond donors (Lipinski definition) is 1. The van der Waals surface area contributed by atoms with Crippen molar-refractivity contribution < 1.29 is 22.7 Å². The predicted molar refractivity (Wildman–Crippen MR) is 94.8 cm³/mol. The quantitative estimate of drug-likeness (QED) is 0.836. The number of benzene rings is 1. The van der Waals surface area contributed by atoms with Crippen LogP contribution in [0.4, 0.5) is 5.69 Å². The number of carbonyl (C=O) groups is 2. The zero-order chi connectivity index (χ0) is 18.3. The highest BCUT2D eigenvalue weighted by Gasteiger charge is 2.37. The second kappa shape index (κ2) is 6.39. The van der Waals surface area contributed by atoms with Gasteiger partial charge >= 0.3 is 0 Å². The summed E-state index contributed by atoms with van der Waals surface area (Å²) in [6.45, 7) is 0.640. The molecule has 8 nitrogen and oxygen atoms in total. The summed E-state index contributed by atoms with van der Waals surface area (Å²) >= 11 is 0. The van der Waals surface area contributed by atoms with Crippen molar-refractivity contribution in [2.45, 2.75) is 31.7 Å². The summed E-state index contributed by atoms with van der Waals surface area (Å²) in [6.07, 6.45) is 1.56. The summed E-state index contributed by atoms with van der Waals surface area (Å²) in [5.41, 5.74) is 1.93. The molecule has 1 atom stereocenters. The van der Waals surface area contributed by atoms with Gasteiger partial charge in [-0.15, -0.1) is 0 Å². The zero-order valence-electron chi connectivity index (χ0n) is 14.1. The first kappa shape index (κ1) is 17.0. The molecule has 1 saturated heterocycles. The molecule has 3 heterocycles. The fourth-order valence-corrected chi connectivity index (χ4v) is 5.15. The number of fused-ring (bicyclic) bond motifs is 1. The summed E-state index contributed by atoms with van der Waals surface area (Å²) in [5.74, 6) is 0.176. The van der Waals surface area contributed by atoms with E-state index in [2.05, 4.69) is 10.4 Å². The molecule has 1 N–H and O–H groups in total. The van der Waals surface area contributed by atoms with E-state index in [1.807, 2.05) is 12.1 Å². The van der Waals surface area contributed by atoms with Crippen LogP contribution in [-0.2, 0) is 25.8 Å². The molecule has 0 spiro atoms. The summed E-state index contributed by atoms with van der Waals surface area (Å²) in [4.78, 5) is 24.7. The average Bonchev–Trinajstić information content (AvgIpc) is 3.20. The fraction of sp³-hybridized carbons (Fsp3) is 0.471. The van der Waals surface area contributed by atoms with Crippen molar-refractivity contribution in [2.75, 3.05) is 23.4 Å². The largest absolute Gasteiger partial charge is 0.493 e. The minimum absolute atomic E-state index is 0.0513. The molecule has 0 saturated carbocycles. The van der Waals surface area contributed by atoms with E-state index in [0.29, 0.717) is 18.7 Å². The van der Waals surface area contributed by atoms with Crippen molar-refractivity contribution in [2.24, 2.45) is 5.10 Å². The number of hydrazone groups is 1. The van der Waals surface area contributed by atoms with E-state index in [4.69, 9.17) is 4.74 Å². The van der Waals surface area contributed by atoms with Crippen LogP contribution in [0.15, 0.2) is 23.3 Å². The molecule has 138 valence electrons. The number of hydrogen-bond acceptors (Lipinski definition) is 6. The number of nitrogens with zero attached hydrogens (tertiary/aromatic N) is 2. The van der Waals surface area contributed by atoms with E-state index >= 15 is 0 Å². The zero-order valence-corrected chi connectivity index (χ0v) is 14.9. The van der Waals surface area contributed by atoms with Crippen molar-refractivity contribution in [3.63, 3.8) is 0 Å². The molecule has 0 bridgehead atoms. The van der Waals surface area contributed by atoms with Crippen molar-refractivity contribution in [3.8, 4) is 5.75 Å². The molecular formula is C17H19N3O5S. The number of anilines is 1. The molecule has 0 unspecified atom stereocenters. The normalized spacial score (nSPS) is 24.0. The maximum Gasteiger partial charge on any atom is 0.271 e. The Labute approximate surface area is 151 Å². The second-order valence-corrected chi connectivity index (χ2v) is 8.95. The molecule has 3 aliphatic rings. The smallest absolute Gasteiger partial charge is 0.271 e. The Morgan fingerprint density at radius 2 is 2.12 bits per heavy atom. The van der Waals surface area contributed by atoms with Crippen molar-refractivity contribution in [3.05, 3.63) is 23.8 Å². The van der Waals surface area contributed by atoms with Gasteiger partial charge in [0.15, 0.2) is 9.84 Å². The fourth-order valence-electron chi connectivity index (χ4n) is 3.46. The first-order chi connectivity index (χ1) is 12.4. The maximum absolute atomic E-state index is 12.5. The minimum atomic E-state index is -3.14. The number of ether oxygens (including phenoxy) is 1. The number of sulfone groups is 1. The van der Waals surface area contributed by atoms with Gasteiger partial charge in [-0.2, -0.15) is 5.10 Å². The predicted octanol–water partition coefficient (Wildman–Crippen LogP) is 0.725. The molecule has 0 aromatic heterocycles. The van der Waals surface area contributed by atoms with Crippen LogP contribution in [0.1, 0.15) is 24.8 Å². The van der Waals surface area contributed by atoms with Gasteiger partial charge in [0.25, 0.3) is 5.91 Å². The van der Waals surface area contributed by atoms with E-state index in [1.54, 1.807) is 6.07 Å². The monoisotopic (exact) mass is 377 g/mol. The van der Waals surface area contributed by atoms with Crippen LogP contribution in [0.2, 0.25) is 0 Å². The van der Waals surface area contributed by atoms with Gasteiger partial charge < -0.3 is 10.1 Å². The second-order valence-electron chi connectivity index (χ2n) is 6.72. The highest BCUT2D eigenvalue weighted by Crippen LogP contribution is 2.28. The lowest BCUT2D eigenvalue weighted by Crippen LogP contribution is -2.42. The molecule has 0 radical (unpaired) electrons. The first-order valence-electron chi connectivity index (χ1n) is 8.58. The molecule has 1 aromatic rings. The van der Waals surface area contributed by atoms with Crippen LogP contribution >= 0.6 is 0 Å². The lowest BCUT2D eigenvalue weighted by Gasteiger charge is -2.27. The van der Waals surface area contributed by atoms with Crippen LogP contribution in [0.5, 0.6) is 5.75 Å². The number of rotatable bonds is 3. The number of amides is 2. The van der Waals surface area contributed by atoms with Gasteiger partial charge in [0, 0.05) is 24.9 Å². The van der Waals surface area contributed by atoms with Crippen LogP contribution in [0, 0.1) is 0 Å². The van der Waals surface area contributed by atoms with Crippen molar-refractivity contribution in [1.29, 1.82) is 0 Å². The van der Waals surface area contributed by atoms with E-state index in [1.165, 1.54) is 5.01 Å². The van der Waals surface area contributed by atoms with Gasteiger partial charge in [-0.3, -0.25) is 9.59 Å². The van der Waals surface area contributed by atoms with Gasteiger partial charge in [0.2, 0.25) is 5.91 Å². The third kappa shape index (κ3) is 3.31. The van der Waals surface area contributed by atoms with E-state index in [9.17, 15) is 18.0 Å². The molecule has 4 rings (SSSR count). The molecule has 1 aromatic carbocycles. The highest BCUT2D eigenvalue weighted by molar-refractivity contribution is 7.91. The Hall–Kier alpha value is -2.42. The Bertz CT molecular complexity index is 909. The van der Waals surface area contributed by atoms with E-state index in [-0.39, 0.29) is 41.9 Å². The van der Waals surface area contributed by atoms with E-state index in [0.717, 1.165) is 17.7 Å². The van der Waals surface area contributed by atoms with Gasteiger partial charge in [-0.05, 0) is 30.2 Å². The molecular weight excluding hydrogens is 358 g/mol. The van der Waals surface area contributed by atoms with Crippen molar-refractivity contribution >= 4 is 33.1 Å². The van der Waals surface area contributed by atoms with Gasteiger partial charge in [-0.1, -0.05) is 0 Å². The molecule has 26 heavy (non-hydrogen) atoms. The minimum Gasteiger partial charge on any atom is -0.493 e. The maximum atomic E-state index is 12.5. The van der Waals surface area contributed by atoms with Gasteiger partial charge in [0.1, 0.15) is 11.5 Å². The van der Waals surface area contributed by atoms with Gasteiger partial charge in [-0.25, -0.2) is 13.4 Å². The summed E-state index contributed by atoms with van der Waals surface area (Å²) in [6, 6.07) is 4.97. The Morgan fingerprint density at radius 3 is 2.88 bits per heavy atom. The van der Waals surface area contributed by atoms with E-state index < -0.39 is 15.9 Å². The summed E-state index contributed by atoms with van der Waals surface area (Å²) < 4.78 is 28.8. The Balaban J connectivity index is 1.50. The lowest BCUT2D eigenvalue weighted by molar-refractivity contribution is -0.133. The highest BCUT2D eigenvalue weighted by atomic mass is 32.2. The average molecular weight is 377 g/mol. The first-order valence-corrected chi connectivity index (χ1v) is 10.4. The standard InChI is InChI=1S/C17H19N3O5S/c21-16-4-2-14(19-20(16)13-6-8-26(23,24)10-13)17(22)18-12-1-3-15-11(9-12)5-7-25-15/h1,3,9,13H,2,4-8,10H2,(H,18,22)/t13-/m0/s1. The van der Waals surface area contributed by atoms with Crippen LogP contribution in [-0.4, -0.2) is 55.1 Å².